The minimum atomic E-state index is -3.94. The van der Waals surface area contributed by atoms with Crippen molar-refractivity contribution in [2.45, 2.75) is 18.0 Å². The first-order valence-electron chi connectivity index (χ1n) is 7.62. The third kappa shape index (κ3) is 4.13. The molecule has 0 spiro atoms. The summed E-state index contributed by atoms with van der Waals surface area (Å²) in [6.45, 7) is 0.229. The molecule has 134 valence electrons. The quantitative estimate of drug-likeness (QED) is 0.456. The molecule has 0 fully saturated rings. The van der Waals surface area contributed by atoms with Crippen molar-refractivity contribution >= 4 is 27.0 Å². The second kappa shape index (κ2) is 7.73. The van der Waals surface area contributed by atoms with Gasteiger partial charge in [0.1, 0.15) is 0 Å². The largest absolute Gasteiger partial charge is 0.270 e. The van der Waals surface area contributed by atoms with Crippen molar-refractivity contribution in [3.05, 3.63) is 86.9 Å². The number of benzene rings is 1. The summed E-state index contributed by atoms with van der Waals surface area (Å²) in [7, 11) is -3.94. The highest BCUT2D eigenvalue weighted by molar-refractivity contribution is 7.89. The number of thiophene rings is 1. The summed E-state index contributed by atoms with van der Waals surface area (Å²) >= 11 is 1.47. The molecule has 3 aromatic rings. The van der Waals surface area contributed by atoms with Crippen LogP contribution in [-0.4, -0.2) is 22.6 Å². The lowest BCUT2D eigenvalue weighted by atomic mass is 10.3. The van der Waals surface area contributed by atoms with Gasteiger partial charge in [-0.15, -0.1) is 0 Å². The van der Waals surface area contributed by atoms with Crippen LogP contribution in [0.15, 0.2) is 70.4 Å². The van der Waals surface area contributed by atoms with E-state index in [1.807, 2.05) is 16.8 Å². The van der Waals surface area contributed by atoms with E-state index in [1.54, 1.807) is 24.4 Å². The Hall–Kier alpha value is -2.62. The highest BCUT2D eigenvalue weighted by atomic mass is 32.2. The third-order valence-corrected chi connectivity index (χ3v) is 6.19. The highest BCUT2D eigenvalue weighted by Crippen LogP contribution is 2.24. The Bertz CT molecular complexity index is 990. The van der Waals surface area contributed by atoms with E-state index in [2.05, 4.69) is 4.98 Å². The van der Waals surface area contributed by atoms with Crippen LogP contribution in [0, 0.1) is 10.1 Å². The lowest BCUT2D eigenvalue weighted by molar-refractivity contribution is -0.385. The van der Waals surface area contributed by atoms with E-state index in [-0.39, 0.29) is 23.7 Å². The van der Waals surface area contributed by atoms with Crippen LogP contribution in [0.1, 0.15) is 11.3 Å². The molecular weight excluding hydrogens is 374 g/mol. The summed E-state index contributed by atoms with van der Waals surface area (Å²) < 4.78 is 27.5. The Balaban J connectivity index is 1.98. The zero-order valence-electron chi connectivity index (χ0n) is 13.6. The summed E-state index contributed by atoms with van der Waals surface area (Å²) in [5, 5.41) is 14.7. The molecule has 0 bridgehead atoms. The Kier molecular flexibility index (Phi) is 5.40. The fourth-order valence-corrected chi connectivity index (χ4v) is 4.49. The van der Waals surface area contributed by atoms with E-state index in [4.69, 9.17) is 0 Å². The van der Waals surface area contributed by atoms with Crippen LogP contribution >= 0.6 is 11.3 Å². The maximum atomic E-state index is 13.1. The van der Waals surface area contributed by atoms with Gasteiger partial charge in [-0.2, -0.15) is 15.6 Å². The van der Waals surface area contributed by atoms with E-state index in [1.165, 1.54) is 33.8 Å². The Morgan fingerprint density at radius 1 is 1.12 bits per heavy atom. The topological polar surface area (TPSA) is 93.4 Å². The minimum Gasteiger partial charge on any atom is -0.260 e. The van der Waals surface area contributed by atoms with Crippen LogP contribution in [0.3, 0.4) is 0 Å². The van der Waals surface area contributed by atoms with Crippen molar-refractivity contribution in [2.24, 2.45) is 0 Å². The smallest absolute Gasteiger partial charge is 0.260 e. The molecule has 2 aromatic heterocycles. The van der Waals surface area contributed by atoms with Crippen LogP contribution in [0.5, 0.6) is 0 Å². The molecule has 0 amide bonds. The van der Waals surface area contributed by atoms with E-state index in [0.717, 1.165) is 11.6 Å². The average molecular weight is 389 g/mol. The maximum absolute atomic E-state index is 13.1. The molecule has 0 aliphatic rings. The SMILES string of the molecule is O=[N+]([O-])c1cccc(S(=O)(=O)N(Cc2ccsc2)Cc2ccccn2)c1. The molecule has 1 aromatic carbocycles. The average Bonchev–Trinajstić information content (AvgIpc) is 3.15. The van der Waals surface area contributed by atoms with E-state index in [0.29, 0.717) is 5.69 Å². The molecule has 2 heterocycles. The summed E-state index contributed by atoms with van der Waals surface area (Å²) in [5.41, 5.74) is 1.18. The van der Waals surface area contributed by atoms with Crippen molar-refractivity contribution in [2.75, 3.05) is 0 Å². The number of nitro benzene ring substituents is 1. The van der Waals surface area contributed by atoms with Crippen LogP contribution in [-0.2, 0) is 23.1 Å². The van der Waals surface area contributed by atoms with Crippen LogP contribution in [0.4, 0.5) is 5.69 Å². The number of sulfonamides is 1. The molecule has 0 N–H and O–H groups in total. The van der Waals surface area contributed by atoms with Gasteiger partial charge in [0.05, 0.1) is 22.1 Å². The van der Waals surface area contributed by atoms with Gasteiger partial charge >= 0.3 is 0 Å². The van der Waals surface area contributed by atoms with Crippen molar-refractivity contribution < 1.29 is 13.3 Å². The zero-order chi connectivity index (χ0) is 18.6. The predicted octanol–water partition coefficient (Wildman–Crippen LogP) is 3.44. The summed E-state index contributed by atoms with van der Waals surface area (Å²) in [6.07, 6.45) is 1.60. The molecular formula is C17H15N3O4S2. The monoisotopic (exact) mass is 389 g/mol. The fourth-order valence-electron chi connectivity index (χ4n) is 2.39. The van der Waals surface area contributed by atoms with E-state index in [9.17, 15) is 18.5 Å². The first-order chi connectivity index (χ1) is 12.5. The third-order valence-electron chi connectivity index (χ3n) is 3.67. The molecule has 0 unspecified atom stereocenters. The normalized spacial score (nSPS) is 11.6. The molecule has 0 aliphatic heterocycles. The van der Waals surface area contributed by atoms with Gasteiger partial charge in [0.2, 0.25) is 10.0 Å². The number of aromatic nitrogens is 1. The summed E-state index contributed by atoms with van der Waals surface area (Å²) in [6, 6.07) is 12.2. The molecule has 9 heteroatoms. The standard InChI is InChI=1S/C17H15N3O4S2/c21-20(22)16-5-3-6-17(10-16)26(23,24)19(11-14-7-9-25-13-14)12-15-4-1-2-8-18-15/h1-10,13H,11-12H2. The first kappa shape index (κ1) is 18.2. The van der Waals surface area contributed by atoms with Crippen LogP contribution in [0.2, 0.25) is 0 Å². The minimum absolute atomic E-state index is 0.0711. The van der Waals surface area contributed by atoms with Gasteiger partial charge in [-0.3, -0.25) is 15.1 Å². The second-order valence-electron chi connectivity index (χ2n) is 5.48. The Morgan fingerprint density at radius 3 is 2.62 bits per heavy atom. The van der Waals surface area contributed by atoms with Crippen molar-refractivity contribution in [1.82, 2.24) is 9.29 Å². The molecule has 0 saturated carbocycles. The zero-order valence-corrected chi connectivity index (χ0v) is 15.2. The Labute approximate surface area is 154 Å². The number of nitro groups is 1. The lowest BCUT2D eigenvalue weighted by Gasteiger charge is -2.21. The van der Waals surface area contributed by atoms with Gasteiger partial charge in [-0.05, 0) is 40.6 Å². The van der Waals surface area contributed by atoms with Gasteiger partial charge in [0, 0.05) is 24.9 Å². The number of nitrogens with zero attached hydrogens (tertiary/aromatic N) is 3. The predicted molar refractivity (Wildman–Crippen MR) is 98.1 cm³/mol. The van der Waals surface area contributed by atoms with Gasteiger partial charge in [-0.25, -0.2) is 8.42 Å². The van der Waals surface area contributed by atoms with Gasteiger partial charge in [0.15, 0.2) is 0 Å². The molecule has 0 saturated heterocycles. The van der Waals surface area contributed by atoms with Crippen LogP contribution < -0.4 is 0 Å². The van der Waals surface area contributed by atoms with Crippen molar-refractivity contribution in [1.29, 1.82) is 0 Å². The van der Waals surface area contributed by atoms with Gasteiger partial charge in [0.25, 0.3) is 5.69 Å². The number of non-ortho nitro benzene ring substituents is 1. The molecule has 0 aliphatic carbocycles. The van der Waals surface area contributed by atoms with Crippen LogP contribution in [0.25, 0.3) is 0 Å². The molecule has 3 rings (SSSR count). The molecule has 0 radical (unpaired) electrons. The first-order valence-corrected chi connectivity index (χ1v) is 10.0. The van der Waals surface area contributed by atoms with E-state index >= 15 is 0 Å². The lowest BCUT2D eigenvalue weighted by Crippen LogP contribution is -2.30. The van der Waals surface area contributed by atoms with E-state index < -0.39 is 14.9 Å². The number of hydrogen-bond acceptors (Lipinski definition) is 6. The molecule has 0 atom stereocenters. The van der Waals surface area contributed by atoms with Crippen molar-refractivity contribution in [3.63, 3.8) is 0 Å². The van der Waals surface area contributed by atoms with Gasteiger partial charge < -0.3 is 0 Å². The molecule has 26 heavy (non-hydrogen) atoms. The molecule has 7 nitrogen and oxygen atoms in total. The second-order valence-corrected chi connectivity index (χ2v) is 8.20. The summed E-state index contributed by atoms with van der Waals surface area (Å²) in [4.78, 5) is 14.5. The number of rotatable bonds is 7. The fraction of sp³-hybridized carbons (Fsp3) is 0.118. The number of pyridine rings is 1. The Morgan fingerprint density at radius 2 is 1.96 bits per heavy atom. The van der Waals surface area contributed by atoms with Crippen molar-refractivity contribution in [3.8, 4) is 0 Å². The maximum Gasteiger partial charge on any atom is 0.270 e. The number of hydrogen-bond donors (Lipinski definition) is 0. The summed E-state index contributed by atoms with van der Waals surface area (Å²) in [5.74, 6) is 0. The highest BCUT2D eigenvalue weighted by Gasteiger charge is 2.27. The van der Waals surface area contributed by atoms with Gasteiger partial charge in [-0.1, -0.05) is 12.1 Å².